The molecular formula is C16H18N4O2. The van der Waals surface area contributed by atoms with Crippen molar-refractivity contribution in [1.82, 2.24) is 19.9 Å². The Bertz CT molecular complexity index is 630. The van der Waals surface area contributed by atoms with Crippen molar-refractivity contribution in [2.45, 2.75) is 19.4 Å². The number of hydrogen-bond donors (Lipinski definition) is 0. The summed E-state index contributed by atoms with van der Waals surface area (Å²) in [5.41, 5.74) is 1.39. The van der Waals surface area contributed by atoms with Crippen LogP contribution in [0.4, 0.5) is 0 Å². The van der Waals surface area contributed by atoms with Gasteiger partial charge in [-0.05, 0) is 18.6 Å². The second-order valence-corrected chi connectivity index (χ2v) is 5.17. The normalized spacial score (nSPS) is 18.2. The predicted molar refractivity (Wildman–Crippen MR) is 81.2 cm³/mol. The van der Waals surface area contributed by atoms with Crippen molar-refractivity contribution in [3.05, 3.63) is 42.5 Å². The highest BCUT2D eigenvalue weighted by Crippen LogP contribution is 2.16. The summed E-state index contributed by atoms with van der Waals surface area (Å²) in [6, 6.07) is 3.80. The van der Waals surface area contributed by atoms with Gasteiger partial charge in [0.2, 0.25) is 0 Å². The Morgan fingerprint density at radius 2 is 2.05 bits per heavy atom. The van der Waals surface area contributed by atoms with Crippen molar-refractivity contribution < 1.29 is 9.53 Å². The van der Waals surface area contributed by atoms with E-state index >= 15 is 0 Å². The van der Waals surface area contributed by atoms with Crippen molar-refractivity contribution in [3.63, 3.8) is 0 Å². The van der Waals surface area contributed by atoms with Crippen molar-refractivity contribution >= 4 is 5.91 Å². The summed E-state index contributed by atoms with van der Waals surface area (Å²) in [4.78, 5) is 27.0. The molecular weight excluding hydrogens is 280 g/mol. The minimum Gasteiger partial charge on any atom is -0.377 e. The molecule has 1 amide bonds. The zero-order valence-electron chi connectivity index (χ0n) is 12.5. The van der Waals surface area contributed by atoms with Crippen molar-refractivity contribution in [2.24, 2.45) is 0 Å². The predicted octanol–water partition coefficient (Wildman–Crippen LogP) is 1.79. The van der Waals surface area contributed by atoms with Gasteiger partial charge in [-0.25, -0.2) is 9.97 Å². The van der Waals surface area contributed by atoms with Crippen LogP contribution in [0, 0.1) is 0 Å². The Balaban J connectivity index is 1.79. The Morgan fingerprint density at radius 1 is 1.32 bits per heavy atom. The van der Waals surface area contributed by atoms with Crippen LogP contribution in [-0.4, -0.2) is 51.6 Å². The van der Waals surface area contributed by atoms with E-state index < -0.39 is 0 Å². The molecule has 114 valence electrons. The van der Waals surface area contributed by atoms with Crippen LogP contribution < -0.4 is 0 Å². The van der Waals surface area contributed by atoms with Crippen molar-refractivity contribution in [1.29, 1.82) is 0 Å². The van der Waals surface area contributed by atoms with Crippen LogP contribution in [0.1, 0.15) is 23.7 Å². The summed E-state index contributed by atoms with van der Waals surface area (Å²) in [5.74, 6) is 0.560. The second kappa shape index (κ2) is 6.62. The number of nitrogens with zero attached hydrogens (tertiary/aromatic N) is 4. The maximum Gasteiger partial charge on any atom is 0.257 e. The molecule has 2 aromatic rings. The van der Waals surface area contributed by atoms with Crippen LogP contribution in [0.2, 0.25) is 0 Å². The molecule has 22 heavy (non-hydrogen) atoms. The lowest BCUT2D eigenvalue weighted by Crippen LogP contribution is -2.48. The molecule has 1 fully saturated rings. The Hall–Kier alpha value is -2.34. The maximum atomic E-state index is 12.6. The van der Waals surface area contributed by atoms with Gasteiger partial charge in [0, 0.05) is 36.9 Å². The minimum absolute atomic E-state index is 0.0311. The lowest BCUT2D eigenvalue weighted by atomic mass is 10.1. The van der Waals surface area contributed by atoms with Gasteiger partial charge in [-0.2, -0.15) is 0 Å². The van der Waals surface area contributed by atoms with Gasteiger partial charge < -0.3 is 9.64 Å². The summed E-state index contributed by atoms with van der Waals surface area (Å²) < 4.78 is 5.44. The smallest absolute Gasteiger partial charge is 0.257 e. The number of amides is 1. The largest absolute Gasteiger partial charge is 0.377 e. The van der Waals surface area contributed by atoms with E-state index in [0.717, 1.165) is 12.0 Å². The molecule has 1 aliphatic heterocycles. The number of rotatable bonds is 3. The number of aromatic nitrogens is 3. The molecule has 0 N–H and O–H groups in total. The molecule has 6 heteroatoms. The SMILES string of the molecule is CC[C@H]1COCCN1C(=O)c1cnc(-c2ccncc2)nc1. The standard InChI is InChI=1S/C16H18N4O2/c1-2-14-11-22-8-7-20(14)16(21)13-9-18-15(19-10-13)12-3-5-17-6-4-12/h3-6,9-10,14H,2,7-8,11H2,1H3/t14-/m0/s1. The molecule has 3 heterocycles. The van der Waals surface area contributed by atoms with E-state index in [9.17, 15) is 4.79 Å². The fourth-order valence-electron chi connectivity index (χ4n) is 2.51. The molecule has 3 rings (SSSR count). The third kappa shape index (κ3) is 2.96. The van der Waals surface area contributed by atoms with Gasteiger partial charge in [-0.1, -0.05) is 6.92 Å². The Morgan fingerprint density at radius 3 is 2.73 bits per heavy atom. The zero-order chi connectivity index (χ0) is 15.4. The van der Waals surface area contributed by atoms with Gasteiger partial charge in [-0.15, -0.1) is 0 Å². The van der Waals surface area contributed by atoms with Crippen LogP contribution in [-0.2, 0) is 4.74 Å². The molecule has 1 aliphatic rings. The Kier molecular flexibility index (Phi) is 4.39. The van der Waals surface area contributed by atoms with Crippen molar-refractivity contribution in [3.8, 4) is 11.4 Å². The summed E-state index contributed by atoms with van der Waals surface area (Å²) >= 11 is 0. The zero-order valence-corrected chi connectivity index (χ0v) is 12.5. The molecule has 0 unspecified atom stereocenters. The monoisotopic (exact) mass is 298 g/mol. The molecule has 6 nitrogen and oxygen atoms in total. The number of morpholine rings is 1. The first kappa shape index (κ1) is 14.6. The first-order valence-corrected chi connectivity index (χ1v) is 7.40. The molecule has 0 spiro atoms. The second-order valence-electron chi connectivity index (χ2n) is 5.17. The summed E-state index contributed by atoms with van der Waals surface area (Å²) in [5, 5.41) is 0. The molecule has 0 radical (unpaired) electrons. The highest BCUT2D eigenvalue weighted by Gasteiger charge is 2.27. The van der Waals surface area contributed by atoms with Crippen LogP contribution in [0.3, 0.4) is 0 Å². The molecule has 1 atom stereocenters. The number of carbonyl (C=O) groups excluding carboxylic acids is 1. The number of hydrogen-bond acceptors (Lipinski definition) is 5. The average Bonchev–Trinajstić information content (AvgIpc) is 2.62. The van der Waals surface area contributed by atoms with E-state index in [-0.39, 0.29) is 11.9 Å². The molecule has 2 aromatic heterocycles. The fourth-order valence-corrected chi connectivity index (χ4v) is 2.51. The van der Waals surface area contributed by atoms with Crippen LogP contribution in [0.25, 0.3) is 11.4 Å². The van der Waals surface area contributed by atoms with Crippen LogP contribution in [0.15, 0.2) is 36.9 Å². The van der Waals surface area contributed by atoms with E-state index in [0.29, 0.717) is 31.1 Å². The first-order valence-electron chi connectivity index (χ1n) is 7.40. The molecule has 0 bridgehead atoms. The highest BCUT2D eigenvalue weighted by atomic mass is 16.5. The molecule has 1 saturated heterocycles. The minimum atomic E-state index is -0.0311. The maximum absolute atomic E-state index is 12.6. The Labute approximate surface area is 129 Å². The fraction of sp³-hybridized carbons (Fsp3) is 0.375. The third-order valence-corrected chi connectivity index (χ3v) is 3.80. The summed E-state index contributed by atoms with van der Waals surface area (Å²) in [7, 11) is 0. The van der Waals surface area contributed by atoms with Crippen molar-refractivity contribution in [2.75, 3.05) is 19.8 Å². The van der Waals surface area contributed by atoms with Gasteiger partial charge in [0.15, 0.2) is 5.82 Å². The average molecular weight is 298 g/mol. The van der Waals surface area contributed by atoms with Gasteiger partial charge in [-0.3, -0.25) is 9.78 Å². The van der Waals surface area contributed by atoms with E-state index in [1.165, 1.54) is 0 Å². The topological polar surface area (TPSA) is 68.2 Å². The number of ether oxygens (including phenoxy) is 1. The van der Waals surface area contributed by atoms with E-state index in [1.807, 2.05) is 17.0 Å². The molecule has 0 saturated carbocycles. The number of pyridine rings is 1. The number of carbonyl (C=O) groups is 1. The quantitative estimate of drug-likeness (QED) is 0.864. The molecule has 0 aliphatic carbocycles. The van der Waals surface area contributed by atoms with Crippen LogP contribution >= 0.6 is 0 Å². The van der Waals surface area contributed by atoms with E-state index in [2.05, 4.69) is 21.9 Å². The summed E-state index contributed by atoms with van der Waals surface area (Å²) in [6.45, 7) is 3.85. The van der Waals surface area contributed by atoms with E-state index in [1.54, 1.807) is 24.8 Å². The lowest BCUT2D eigenvalue weighted by molar-refractivity contribution is -0.00284. The highest BCUT2D eigenvalue weighted by molar-refractivity contribution is 5.94. The summed E-state index contributed by atoms with van der Waals surface area (Å²) in [6.07, 6.45) is 7.44. The van der Waals surface area contributed by atoms with Gasteiger partial charge >= 0.3 is 0 Å². The third-order valence-electron chi connectivity index (χ3n) is 3.80. The van der Waals surface area contributed by atoms with Gasteiger partial charge in [0.05, 0.1) is 24.8 Å². The molecule has 0 aromatic carbocycles. The lowest BCUT2D eigenvalue weighted by Gasteiger charge is -2.35. The first-order chi connectivity index (χ1) is 10.8. The van der Waals surface area contributed by atoms with Gasteiger partial charge in [0.1, 0.15) is 0 Å². The van der Waals surface area contributed by atoms with E-state index in [4.69, 9.17) is 4.74 Å². The van der Waals surface area contributed by atoms with Gasteiger partial charge in [0.25, 0.3) is 5.91 Å². The van der Waals surface area contributed by atoms with Crippen LogP contribution in [0.5, 0.6) is 0 Å².